The van der Waals surface area contributed by atoms with Crippen LogP contribution in [0.2, 0.25) is 0 Å². The van der Waals surface area contributed by atoms with Crippen LogP contribution in [0, 0.1) is 0 Å². The number of thiophene rings is 1. The molecule has 154 valence electrons. The summed E-state index contributed by atoms with van der Waals surface area (Å²) in [6, 6.07) is 10.4. The van der Waals surface area contributed by atoms with Gasteiger partial charge in [0.2, 0.25) is 0 Å². The maximum Gasteiger partial charge on any atom is 0.195 e. The molecule has 1 aliphatic heterocycles. The average molecular weight is 516 g/mol. The zero-order valence-electron chi connectivity index (χ0n) is 16.6. The molecule has 1 atom stereocenters. The number of ether oxygens (including phenoxy) is 2. The standard InChI is InChI=1S/C20H28N4O2S.HI/c1-4-21-20(22-14-16(24(2)3)19-7-5-12-27-19)23-15-8-9-17-18(13-15)26-11-6-10-25-17;/h5,7-9,12-13,16H,4,6,10-11,14H2,1-3H3,(H2,21,22,23);1H. The lowest BCUT2D eigenvalue weighted by atomic mass is 10.2. The van der Waals surface area contributed by atoms with Gasteiger partial charge in [0.1, 0.15) is 0 Å². The number of likely N-dealkylation sites (N-methyl/N-ethyl adjacent to an activating group) is 1. The molecule has 2 heterocycles. The Hall–Kier alpha value is -1.52. The van der Waals surface area contributed by atoms with Crippen molar-refractivity contribution in [2.75, 3.05) is 45.7 Å². The van der Waals surface area contributed by atoms with E-state index in [0.717, 1.165) is 36.1 Å². The molecule has 1 aromatic heterocycles. The third-order valence-electron chi connectivity index (χ3n) is 4.27. The first-order chi connectivity index (χ1) is 13.2. The van der Waals surface area contributed by atoms with Crippen LogP contribution in [0.3, 0.4) is 0 Å². The zero-order valence-corrected chi connectivity index (χ0v) is 19.8. The van der Waals surface area contributed by atoms with Crippen LogP contribution in [0.4, 0.5) is 5.69 Å². The molecule has 0 saturated carbocycles. The van der Waals surface area contributed by atoms with Crippen molar-refractivity contribution in [1.82, 2.24) is 10.2 Å². The molecule has 1 unspecified atom stereocenters. The quantitative estimate of drug-likeness (QED) is 0.343. The summed E-state index contributed by atoms with van der Waals surface area (Å²) in [6.07, 6.45) is 0.899. The van der Waals surface area contributed by atoms with Crippen LogP contribution in [0.1, 0.15) is 24.3 Å². The van der Waals surface area contributed by atoms with E-state index in [-0.39, 0.29) is 30.0 Å². The van der Waals surface area contributed by atoms with Crippen molar-refractivity contribution in [2.45, 2.75) is 19.4 Å². The maximum atomic E-state index is 5.78. The number of rotatable bonds is 6. The Balaban J connectivity index is 0.00000280. The second kappa shape index (κ2) is 11.5. The number of fused-ring (bicyclic) bond motifs is 1. The van der Waals surface area contributed by atoms with Gasteiger partial charge in [0.25, 0.3) is 0 Å². The molecule has 6 nitrogen and oxygen atoms in total. The van der Waals surface area contributed by atoms with Gasteiger partial charge in [-0.1, -0.05) is 6.07 Å². The zero-order chi connectivity index (χ0) is 19.1. The van der Waals surface area contributed by atoms with Crippen LogP contribution in [-0.4, -0.2) is 51.3 Å². The van der Waals surface area contributed by atoms with Crippen LogP contribution in [-0.2, 0) is 0 Å². The molecule has 0 aliphatic carbocycles. The van der Waals surface area contributed by atoms with Gasteiger partial charge in [0.05, 0.1) is 25.8 Å². The van der Waals surface area contributed by atoms with Crippen LogP contribution in [0.25, 0.3) is 0 Å². The second-order valence-electron chi connectivity index (χ2n) is 6.55. The number of aliphatic imine (C=N–C) groups is 1. The average Bonchev–Trinajstić information content (AvgIpc) is 3.07. The van der Waals surface area contributed by atoms with Crippen LogP contribution in [0.15, 0.2) is 40.7 Å². The van der Waals surface area contributed by atoms with E-state index in [4.69, 9.17) is 14.5 Å². The molecule has 0 bridgehead atoms. The van der Waals surface area contributed by atoms with E-state index in [1.165, 1.54) is 4.88 Å². The van der Waals surface area contributed by atoms with Crippen molar-refractivity contribution in [3.05, 3.63) is 40.6 Å². The molecular formula is C20H29IN4O2S. The summed E-state index contributed by atoms with van der Waals surface area (Å²) in [5.41, 5.74) is 0.927. The Kier molecular flexibility index (Phi) is 9.33. The minimum absolute atomic E-state index is 0. The predicted molar refractivity (Wildman–Crippen MR) is 128 cm³/mol. The molecule has 1 aromatic carbocycles. The summed E-state index contributed by atoms with van der Waals surface area (Å²) in [6.45, 7) is 4.90. The lowest BCUT2D eigenvalue weighted by Gasteiger charge is -2.22. The van der Waals surface area contributed by atoms with Crippen molar-refractivity contribution < 1.29 is 9.47 Å². The molecule has 3 rings (SSSR count). The van der Waals surface area contributed by atoms with Crippen molar-refractivity contribution in [3.8, 4) is 11.5 Å². The third kappa shape index (κ3) is 6.25. The lowest BCUT2D eigenvalue weighted by Crippen LogP contribution is -2.32. The van der Waals surface area contributed by atoms with Crippen molar-refractivity contribution in [3.63, 3.8) is 0 Å². The maximum absolute atomic E-state index is 5.78. The smallest absolute Gasteiger partial charge is 0.195 e. The highest BCUT2D eigenvalue weighted by molar-refractivity contribution is 14.0. The molecule has 2 aromatic rings. The predicted octanol–water partition coefficient (Wildman–Crippen LogP) is 4.21. The van der Waals surface area contributed by atoms with Gasteiger partial charge in [-0.3, -0.25) is 4.99 Å². The highest BCUT2D eigenvalue weighted by Gasteiger charge is 2.15. The molecule has 28 heavy (non-hydrogen) atoms. The molecule has 0 amide bonds. The topological polar surface area (TPSA) is 58.1 Å². The van der Waals surface area contributed by atoms with E-state index in [0.29, 0.717) is 19.8 Å². The Morgan fingerprint density at radius 1 is 1.21 bits per heavy atom. The number of guanidine groups is 1. The fourth-order valence-electron chi connectivity index (χ4n) is 2.85. The summed E-state index contributed by atoms with van der Waals surface area (Å²) in [4.78, 5) is 8.32. The molecule has 0 spiro atoms. The minimum atomic E-state index is 0. The van der Waals surface area contributed by atoms with Gasteiger partial charge >= 0.3 is 0 Å². The molecular weight excluding hydrogens is 487 g/mol. The Morgan fingerprint density at radius 3 is 2.68 bits per heavy atom. The molecule has 0 radical (unpaired) electrons. The molecule has 2 N–H and O–H groups in total. The number of anilines is 1. The normalized spacial score (nSPS) is 14.8. The van der Waals surface area contributed by atoms with E-state index < -0.39 is 0 Å². The Labute approximate surface area is 188 Å². The largest absolute Gasteiger partial charge is 0.490 e. The highest BCUT2D eigenvalue weighted by Crippen LogP contribution is 2.32. The number of hydrogen-bond acceptors (Lipinski definition) is 5. The lowest BCUT2D eigenvalue weighted by molar-refractivity contribution is 0.297. The highest BCUT2D eigenvalue weighted by atomic mass is 127. The van der Waals surface area contributed by atoms with E-state index in [2.05, 4.69) is 54.1 Å². The first kappa shape index (κ1) is 22.8. The van der Waals surface area contributed by atoms with Crippen molar-refractivity contribution in [1.29, 1.82) is 0 Å². The van der Waals surface area contributed by atoms with Gasteiger partial charge in [-0.25, -0.2) is 0 Å². The first-order valence-corrected chi connectivity index (χ1v) is 10.2. The van der Waals surface area contributed by atoms with Gasteiger partial charge in [-0.2, -0.15) is 0 Å². The van der Waals surface area contributed by atoms with E-state index in [1.807, 2.05) is 18.2 Å². The van der Waals surface area contributed by atoms with E-state index >= 15 is 0 Å². The summed E-state index contributed by atoms with van der Waals surface area (Å²) in [7, 11) is 4.17. The van der Waals surface area contributed by atoms with Crippen LogP contribution in [0.5, 0.6) is 11.5 Å². The fraction of sp³-hybridized carbons (Fsp3) is 0.450. The molecule has 0 saturated heterocycles. The summed E-state index contributed by atoms with van der Waals surface area (Å²) >= 11 is 1.76. The monoisotopic (exact) mass is 516 g/mol. The number of halogens is 1. The Morgan fingerprint density at radius 2 is 2.00 bits per heavy atom. The van der Waals surface area contributed by atoms with E-state index in [1.54, 1.807) is 11.3 Å². The third-order valence-corrected chi connectivity index (χ3v) is 5.25. The van der Waals surface area contributed by atoms with Gasteiger partial charge in [0.15, 0.2) is 17.5 Å². The Bertz CT molecular complexity index is 753. The second-order valence-corrected chi connectivity index (χ2v) is 7.53. The number of hydrogen-bond donors (Lipinski definition) is 2. The number of nitrogens with one attached hydrogen (secondary N) is 2. The summed E-state index contributed by atoms with van der Waals surface area (Å²) in [5, 5.41) is 8.80. The summed E-state index contributed by atoms with van der Waals surface area (Å²) < 4.78 is 11.5. The first-order valence-electron chi connectivity index (χ1n) is 9.32. The number of benzene rings is 1. The van der Waals surface area contributed by atoms with Gasteiger partial charge in [0, 0.05) is 29.6 Å². The van der Waals surface area contributed by atoms with Gasteiger partial charge < -0.3 is 25.0 Å². The van der Waals surface area contributed by atoms with Crippen molar-refractivity contribution >= 4 is 47.0 Å². The SMILES string of the molecule is CCNC(=NCC(c1cccs1)N(C)C)Nc1ccc2c(c1)OCCCO2.I. The number of nitrogens with zero attached hydrogens (tertiary/aromatic N) is 2. The minimum Gasteiger partial charge on any atom is -0.490 e. The van der Waals surface area contributed by atoms with Crippen LogP contribution < -0.4 is 20.1 Å². The van der Waals surface area contributed by atoms with Gasteiger partial charge in [-0.15, -0.1) is 35.3 Å². The van der Waals surface area contributed by atoms with Crippen LogP contribution >= 0.6 is 35.3 Å². The van der Waals surface area contributed by atoms with Gasteiger partial charge in [-0.05, 0) is 44.6 Å². The fourth-order valence-corrected chi connectivity index (χ4v) is 3.77. The van der Waals surface area contributed by atoms with Crippen molar-refractivity contribution in [2.24, 2.45) is 4.99 Å². The summed E-state index contributed by atoms with van der Waals surface area (Å²) in [5.74, 6) is 2.33. The molecule has 8 heteroatoms. The molecule has 0 fully saturated rings. The molecule has 1 aliphatic rings. The van der Waals surface area contributed by atoms with E-state index in [9.17, 15) is 0 Å².